The zero-order chi connectivity index (χ0) is 17.9. The molecule has 1 aromatic carbocycles. The normalized spacial score (nSPS) is 12.2. The van der Waals surface area contributed by atoms with E-state index in [1.165, 1.54) is 12.1 Å². The van der Waals surface area contributed by atoms with Crippen molar-refractivity contribution in [1.82, 2.24) is 10.2 Å². The minimum Gasteiger partial charge on any atom is -0.369 e. The van der Waals surface area contributed by atoms with Gasteiger partial charge in [-0.05, 0) is 37.5 Å². The minimum absolute atomic E-state index is 0. The second kappa shape index (κ2) is 12.9. The number of carbonyl (C=O) groups excluding carboxylic acids is 1. The number of rotatable bonds is 9. The van der Waals surface area contributed by atoms with Gasteiger partial charge in [0, 0.05) is 20.1 Å². The van der Waals surface area contributed by atoms with Crippen LogP contribution >= 0.6 is 24.0 Å². The molecule has 0 aliphatic carbocycles. The first kappa shape index (κ1) is 23.6. The smallest absolute Gasteiger partial charge is 0.222 e. The average molecular weight is 464 g/mol. The summed E-state index contributed by atoms with van der Waals surface area (Å²) in [5.74, 6) is -0.325. The van der Waals surface area contributed by atoms with E-state index in [2.05, 4.69) is 22.1 Å². The molecule has 0 aliphatic rings. The third-order valence-corrected chi connectivity index (χ3v) is 3.80. The second-order valence-corrected chi connectivity index (χ2v) is 5.90. The number of unbranched alkanes of at least 4 members (excludes halogenated alkanes) is 1. The topological polar surface area (TPSA) is 70.7 Å². The molecule has 1 amide bonds. The summed E-state index contributed by atoms with van der Waals surface area (Å²) in [5, 5.41) is 3.23. The molecular formula is C18H30FIN4O. The van der Waals surface area contributed by atoms with Crippen LogP contribution in [0.5, 0.6) is 0 Å². The number of nitrogens with two attached hydrogens (primary N) is 1. The molecule has 7 heteroatoms. The second-order valence-electron chi connectivity index (χ2n) is 5.90. The van der Waals surface area contributed by atoms with Gasteiger partial charge in [0.25, 0.3) is 0 Å². The lowest BCUT2D eigenvalue weighted by atomic mass is 9.99. The highest BCUT2D eigenvalue weighted by molar-refractivity contribution is 14.0. The third-order valence-electron chi connectivity index (χ3n) is 3.80. The first-order chi connectivity index (χ1) is 11.5. The molecule has 5 nitrogen and oxygen atoms in total. The molecule has 0 fully saturated rings. The van der Waals surface area contributed by atoms with Gasteiger partial charge in [-0.25, -0.2) is 4.39 Å². The third kappa shape index (κ3) is 9.04. The summed E-state index contributed by atoms with van der Waals surface area (Å²) >= 11 is 0. The maximum absolute atomic E-state index is 13.0. The van der Waals surface area contributed by atoms with E-state index < -0.39 is 11.8 Å². The van der Waals surface area contributed by atoms with Gasteiger partial charge in [0.1, 0.15) is 5.82 Å². The Balaban J connectivity index is 0.00000576. The first-order valence-electron chi connectivity index (χ1n) is 8.51. The quantitative estimate of drug-likeness (QED) is 0.336. The number of carbonyl (C=O) groups is 1. The molecule has 0 saturated carbocycles. The van der Waals surface area contributed by atoms with Crippen molar-refractivity contribution in [3.8, 4) is 0 Å². The molecule has 0 aliphatic heterocycles. The van der Waals surface area contributed by atoms with Gasteiger partial charge < -0.3 is 16.0 Å². The molecule has 1 atom stereocenters. The van der Waals surface area contributed by atoms with Crippen molar-refractivity contribution in [3.05, 3.63) is 35.6 Å². The van der Waals surface area contributed by atoms with Gasteiger partial charge in [-0.2, -0.15) is 0 Å². The maximum atomic E-state index is 13.0. The van der Waals surface area contributed by atoms with Crippen LogP contribution in [-0.4, -0.2) is 43.4 Å². The van der Waals surface area contributed by atoms with Crippen LogP contribution in [0, 0.1) is 11.7 Å². The number of aliphatic imine (C=N–C) groups is 1. The lowest BCUT2D eigenvalue weighted by Gasteiger charge is -2.22. The van der Waals surface area contributed by atoms with Crippen molar-refractivity contribution in [1.29, 1.82) is 0 Å². The maximum Gasteiger partial charge on any atom is 0.222 e. The van der Waals surface area contributed by atoms with E-state index in [9.17, 15) is 9.18 Å². The summed E-state index contributed by atoms with van der Waals surface area (Å²) in [5.41, 5.74) is 6.39. The molecule has 0 aromatic heterocycles. The Bertz CT molecular complexity index is 536. The lowest BCUT2D eigenvalue weighted by molar-refractivity contribution is -0.121. The van der Waals surface area contributed by atoms with E-state index in [0.29, 0.717) is 13.0 Å². The van der Waals surface area contributed by atoms with Crippen LogP contribution in [-0.2, 0) is 11.2 Å². The SMILES string of the molecule is CCCCN(C)C(=NCC(Cc1ccc(F)cc1)C(N)=O)NCC.I. The molecule has 0 radical (unpaired) electrons. The monoisotopic (exact) mass is 464 g/mol. The summed E-state index contributed by atoms with van der Waals surface area (Å²) in [6.45, 7) is 6.12. The number of nitrogens with zero attached hydrogens (tertiary/aromatic N) is 2. The van der Waals surface area contributed by atoms with Gasteiger partial charge in [0.2, 0.25) is 5.91 Å². The molecule has 1 unspecified atom stereocenters. The molecule has 142 valence electrons. The molecule has 1 rings (SSSR count). The van der Waals surface area contributed by atoms with Crippen molar-refractivity contribution in [2.45, 2.75) is 33.1 Å². The van der Waals surface area contributed by atoms with Crippen LogP contribution in [0.15, 0.2) is 29.3 Å². The fraction of sp³-hybridized carbons (Fsp3) is 0.556. The summed E-state index contributed by atoms with van der Waals surface area (Å²) in [7, 11) is 1.98. The standard InChI is InChI=1S/C18H29FN4O.HI/c1-4-6-11-23(3)18(21-5-2)22-13-15(17(20)24)12-14-7-9-16(19)10-8-14;/h7-10,15H,4-6,11-13H2,1-3H3,(H2,20,24)(H,21,22);1H. The predicted octanol–water partition coefficient (Wildman–Crippen LogP) is 2.79. The highest BCUT2D eigenvalue weighted by Crippen LogP contribution is 2.11. The molecule has 3 N–H and O–H groups in total. The summed E-state index contributed by atoms with van der Waals surface area (Å²) in [4.78, 5) is 18.3. The molecule has 1 aromatic rings. The van der Waals surface area contributed by atoms with Gasteiger partial charge >= 0.3 is 0 Å². The number of hydrogen-bond acceptors (Lipinski definition) is 2. The highest BCUT2D eigenvalue weighted by atomic mass is 127. The molecular weight excluding hydrogens is 434 g/mol. The van der Waals surface area contributed by atoms with Crippen molar-refractivity contribution in [2.24, 2.45) is 16.6 Å². The summed E-state index contributed by atoms with van der Waals surface area (Å²) in [6.07, 6.45) is 2.64. The number of benzene rings is 1. The zero-order valence-corrected chi connectivity index (χ0v) is 17.6. The van der Waals surface area contributed by atoms with E-state index in [0.717, 1.165) is 37.5 Å². The van der Waals surface area contributed by atoms with E-state index in [1.54, 1.807) is 12.1 Å². The van der Waals surface area contributed by atoms with E-state index in [1.807, 2.05) is 14.0 Å². The van der Waals surface area contributed by atoms with Gasteiger partial charge in [-0.15, -0.1) is 24.0 Å². The Hall–Kier alpha value is -1.38. The number of primary amides is 1. The van der Waals surface area contributed by atoms with Crippen LogP contribution in [0.25, 0.3) is 0 Å². The Morgan fingerprint density at radius 3 is 2.48 bits per heavy atom. The molecule has 0 bridgehead atoms. The van der Waals surface area contributed by atoms with Crippen molar-refractivity contribution >= 4 is 35.8 Å². The zero-order valence-electron chi connectivity index (χ0n) is 15.3. The van der Waals surface area contributed by atoms with Crippen molar-refractivity contribution < 1.29 is 9.18 Å². The summed E-state index contributed by atoms with van der Waals surface area (Å²) < 4.78 is 13.0. The van der Waals surface area contributed by atoms with Crippen LogP contribution in [0.1, 0.15) is 32.3 Å². The number of amides is 1. The fourth-order valence-corrected chi connectivity index (χ4v) is 2.33. The van der Waals surface area contributed by atoms with Crippen LogP contribution in [0.2, 0.25) is 0 Å². The van der Waals surface area contributed by atoms with Gasteiger partial charge in [-0.1, -0.05) is 25.5 Å². The van der Waals surface area contributed by atoms with Crippen molar-refractivity contribution in [2.75, 3.05) is 26.7 Å². The van der Waals surface area contributed by atoms with Crippen LogP contribution in [0.4, 0.5) is 4.39 Å². The summed E-state index contributed by atoms with van der Waals surface area (Å²) in [6, 6.07) is 6.12. The predicted molar refractivity (Wildman–Crippen MR) is 112 cm³/mol. The average Bonchev–Trinajstić information content (AvgIpc) is 2.56. The lowest BCUT2D eigenvalue weighted by Crippen LogP contribution is -2.40. The van der Waals surface area contributed by atoms with Crippen LogP contribution < -0.4 is 11.1 Å². The van der Waals surface area contributed by atoms with Crippen LogP contribution in [0.3, 0.4) is 0 Å². The van der Waals surface area contributed by atoms with E-state index >= 15 is 0 Å². The minimum atomic E-state index is -0.413. The van der Waals surface area contributed by atoms with Gasteiger partial charge in [0.15, 0.2) is 5.96 Å². The molecule has 0 saturated heterocycles. The van der Waals surface area contributed by atoms with E-state index in [4.69, 9.17) is 5.73 Å². The number of nitrogens with one attached hydrogen (secondary N) is 1. The Kier molecular flexibility index (Phi) is 12.2. The molecule has 0 heterocycles. The first-order valence-corrected chi connectivity index (χ1v) is 8.51. The molecule has 25 heavy (non-hydrogen) atoms. The van der Waals surface area contributed by atoms with Gasteiger partial charge in [-0.3, -0.25) is 9.79 Å². The number of hydrogen-bond donors (Lipinski definition) is 2. The number of guanidine groups is 1. The Morgan fingerprint density at radius 2 is 1.96 bits per heavy atom. The van der Waals surface area contributed by atoms with Gasteiger partial charge in [0.05, 0.1) is 12.5 Å². The Labute approximate surface area is 167 Å². The van der Waals surface area contributed by atoms with E-state index in [-0.39, 0.29) is 29.8 Å². The fourth-order valence-electron chi connectivity index (χ4n) is 2.33. The highest BCUT2D eigenvalue weighted by Gasteiger charge is 2.17. The van der Waals surface area contributed by atoms with Crippen molar-refractivity contribution in [3.63, 3.8) is 0 Å². The molecule has 0 spiro atoms. The number of halogens is 2. The Morgan fingerprint density at radius 1 is 1.32 bits per heavy atom. The largest absolute Gasteiger partial charge is 0.369 e.